The Morgan fingerprint density at radius 1 is 1.31 bits per heavy atom. The Labute approximate surface area is 97.1 Å². The zero-order chi connectivity index (χ0) is 11.4. The maximum absolute atomic E-state index is 11.7. The second kappa shape index (κ2) is 5.26. The van der Waals surface area contributed by atoms with E-state index in [9.17, 15) is 4.79 Å². The van der Waals surface area contributed by atoms with E-state index >= 15 is 0 Å². The number of carbonyl (C=O) groups excluding carboxylic acids is 1. The number of carbonyl (C=O) groups is 1. The highest BCUT2D eigenvalue weighted by Gasteiger charge is 2.19. The number of rotatable bonds is 6. The van der Waals surface area contributed by atoms with Crippen molar-refractivity contribution in [3.63, 3.8) is 0 Å². The fraction of sp³-hybridized carbons (Fsp3) is 0.500. The highest BCUT2D eigenvalue weighted by atomic mass is 16.1. The molecule has 0 amide bonds. The van der Waals surface area contributed by atoms with Gasteiger partial charge in [0.15, 0.2) is 0 Å². The van der Waals surface area contributed by atoms with Gasteiger partial charge >= 0.3 is 0 Å². The van der Waals surface area contributed by atoms with Gasteiger partial charge in [-0.2, -0.15) is 0 Å². The van der Waals surface area contributed by atoms with E-state index in [1.165, 1.54) is 18.4 Å². The van der Waals surface area contributed by atoms with E-state index in [4.69, 9.17) is 0 Å². The molecular formula is C14H19NO. The lowest BCUT2D eigenvalue weighted by Crippen LogP contribution is -2.20. The maximum atomic E-state index is 11.7. The molecule has 0 radical (unpaired) electrons. The largest absolute Gasteiger partial charge is 0.314 e. The zero-order valence-electron chi connectivity index (χ0n) is 9.83. The van der Waals surface area contributed by atoms with Crippen LogP contribution in [0.4, 0.5) is 0 Å². The molecule has 2 nitrogen and oxygen atoms in total. The van der Waals surface area contributed by atoms with Gasteiger partial charge in [0.2, 0.25) is 0 Å². The van der Waals surface area contributed by atoms with Gasteiger partial charge in [-0.15, -0.1) is 0 Å². The molecule has 1 aliphatic rings. The average Bonchev–Trinajstić information content (AvgIpc) is 3.05. The van der Waals surface area contributed by atoms with Gasteiger partial charge in [0, 0.05) is 25.4 Å². The SMILES string of the molecule is Cc1ccc(CC(=O)CCNC2CC2)cc1. The van der Waals surface area contributed by atoms with E-state index in [0.717, 1.165) is 12.1 Å². The van der Waals surface area contributed by atoms with Gasteiger partial charge in [-0.05, 0) is 25.3 Å². The monoisotopic (exact) mass is 217 g/mol. The number of benzene rings is 1. The maximum Gasteiger partial charge on any atom is 0.138 e. The Bertz CT molecular complexity index is 352. The molecule has 0 atom stereocenters. The Kier molecular flexibility index (Phi) is 3.73. The molecule has 0 unspecified atom stereocenters. The van der Waals surface area contributed by atoms with Crippen LogP contribution in [-0.4, -0.2) is 18.4 Å². The van der Waals surface area contributed by atoms with Crippen molar-refractivity contribution in [2.45, 2.75) is 38.6 Å². The molecule has 1 aliphatic carbocycles. The van der Waals surface area contributed by atoms with Crippen LogP contribution in [-0.2, 0) is 11.2 Å². The number of Topliss-reactive ketones (excluding diaryl/α,β-unsaturated/α-hetero) is 1. The van der Waals surface area contributed by atoms with Crippen molar-refractivity contribution in [3.8, 4) is 0 Å². The summed E-state index contributed by atoms with van der Waals surface area (Å²) >= 11 is 0. The lowest BCUT2D eigenvalue weighted by molar-refractivity contribution is -0.118. The Balaban J connectivity index is 1.70. The van der Waals surface area contributed by atoms with Crippen LogP contribution in [0.25, 0.3) is 0 Å². The minimum absolute atomic E-state index is 0.331. The van der Waals surface area contributed by atoms with Crippen molar-refractivity contribution >= 4 is 5.78 Å². The van der Waals surface area contributed by atoms with Crippen LogP contribution in [0.5, 0.6) is 0 Å². The van der Waals surface area contributed by atoms with Crippen LogP contribution < -0.4 is 5.32 Å². The molecule has 1 saturated carbocycles. The first-order chi connectivity index (χ1) is 7.74. The summed E-state index contributed by atoms with van der Waals surface area (Å²) in [4.78, 5) is 11.7. The molecule has 0 bridgehead atoms. The fourth-order valence-corrected chi connectivity index (χ4v) is 1.73. The van der Waals surface area contributed by atoms with Crippen molar-refractivity contribution in [2.24, 2.45) is 0 Å². The standard InChI is InChI=1S/C14H19NO/c1-11-2-4-12(5-3-11)10-14(16)8-9-15-13-6-7-13/h2-5,13,15H,6-10H2,1H3. The summed E-state index contributed by atoms with van der Waals surface area (Å²) in [6.07, 6.45) is 3.80. The van der Waals surface area contributed by atoms with Crippen molar-refractivity contribution in [3.05, 3.63) is 35.4 Å². The molecule has 86 valence electrons. The van der Waals surface area contributed by atoms with E-state index in [1.54, 1.807) is 0 Å². The zero-order valence-corrected chi connectivity index (χ0v) is 9.83. The van der Waals surface area contributed by atoms with Crippen LogP contribution in [0, 0.1) is 6.92 Å². The molecule has 1 aromatic carbocycles. The third-order valence-electron chi connectivity index (χ3n) is 2.94. The minimum Gasteiger partial charge on any atom is -0.314 e. The van der Waals surface area contributed by atoms with Gasteiger partial charge in [-0.25, -0.2) is 0 Å². The summed E-state index contributed by atoms with van der Waals surface area (Å²) in [5.74, 6) is 0.331. The van der Waals surface area contributed by atoms with Crippen LogP contribution in [0.3, 0.4) is 0 Å². The number of hydrogen-bond donors (Lipinski definition) is 1. The molecule has 2 rings (SSSR count). The quantitative estimate of drug-likeness (QED) is 0.792. The summed E-state index contributed by atoms with van der Waals surface area (Å²) in [6, 6.07) is 8.91. The summed E-state index contributed by atoms with van der Waals surface area (Å²) in [7, 11) is 0. The van der Waals surface area contributed by atoms with E-state index < -0.39 is 0 Å². The van der Waals surface area contributed by atoms with Gasteiger partial charge < -0.3 is 5.32 Å². The van der Waals surface area contributed by atoms with Gasteiger partial charge in [0.05, 0.1) is 0 Å². The molecular weight excluding hydrogens is 198 g/mol. The van der Waals surface area contributed by atoms with E-state index in [0.29, 0.717) is 24.7 Å². The van der Waals surface area contributed by atoms with Crippen LogP contribution in [0.2, 0.25) is 0 Å². The highest BCUT2D eigenvalue weighted by molar-refractivity contribution is 5.81. The Hall–Kier alpha value is -1.15. The smallest absolute Gasteiger partial charge is 0.138 e. The lowest BCUT2D eigenvalue weighted by atomic mass is 10.1. The number of ketones is 1. The van der Waals surface area contributed by atoms with Crippen LogP contribution >= 0.6 is 0 Å². The molecule has 2 heteroatoms. The summed E-state index contributed by atoms with van der Waals surface area (Å²) < 4.78 is 0. The first kappa shape index (κ1) is 11.3. The van der Waals surface area contributed by atoms with E-state index in [2.05, 4.69) is 24.4 Å². The fourth-order valence-electron chi connectivity index (χ4n) is 1.73. The van der Waals surface area contributed by atoms with Crippen LogP contribution in [0.1, 0.15) is 30.4 Å². The predicted octanol–water partition coefficient (Wildman–Crippen LogP) is 2.25. The molecule has 1 N–H and O–H groups in total. The van der Waals surface area contributed by atoms with Crippen molar-refractivity contribution in [2.75, 3.05) is 6.54 Å². The lowest BCUT2D eigenvalue weighted by Gasteiger charge is -2.03. The summed E-state index contributed by atoms with van der Waals surface area (Å²) in [5.41, 5.74) is 2.37. The second-order valence-corrected chi connectivity index (χ2v) is 4.68. The normalized spacial score (nSPS) is 15.1. The average molecular weight is 217 g/mol. The molecule has 0 heterocycles. The molecule has 1 fully saturated rings. The number of nitrogens with one attached hydrogen (secondary N) is 1. The number of hydrogen-bond acceptors (Lipinski definition) is 2. The molecule has 0 spiro atoms. The summed E-state index contributed by atoms with van der Waals surface area (Å²) in [6.45, 7) is 2.90. The van der Waals surface area contributed by atoms with Gasteiger partial charge in [0.25, 0.3) is 0 Å². The van der Waals surface area contributed by atoms with Gasteiger partial charge in [-0.1, -0.05) is 29.8 Å². The van der Waals surface area contributed by atoms with E-state index in [-0.39, 0.29) is 0 Å². The predicted molar refractivity (Wildman–Crippen MR) is 65.5 cm³/mol. The third-order valence-corrected chi connectivity index (χ3v) is 2.94. The topological polar surface area (TPSA) is 29.1 Å². The first-order valence-electron chi connectivity index (χ1n) is 6.04. The van der Waals surface area contributed by atoms with Gasteiger partial charge in [0.1, 0.15) is 5.78 Å². The third kappa shape index (κ3) is 3.78. The van der Waals surface area contributed by atoms with Crippen molar-refractivity contribution in [1.82, 2.24) is 5.32 Å². The first-order valence-corrected chi connectivity index (χ1v) is 6.04. The Morgan fingerprint density at radius 3 is 2.62 bits per heavy atom. The van der Waals surface area contributed by atoms with E-state index in [1.807, 2.05) is 12.1 Å². The molecule has 1 aromatic rings. The summed E-state index contributed by atoms with van der Waals surface area (Å²) in [5, 5.41) is 3.36. The highest BCUT2D eigenvalue weighted by Crippen LogP contribution is 2.18. The molecule has 0 aromatic heterocycles. The molecule has 16 heavy (non-hydrogen) atoms. The Morgan fingerprint density at radius 2 is 2.00 bits per heavy atom. The van der Waals surface area contributed by atoms with Crippen LogP contribution in [0.15, 0.2) is 24.3 Å². The van der Waals surface area contributed by atoms with Crippen molar-refractivity contribution in [1.29, 1.82) is 0 Å². The van der Waals surface area contributed by atoms with Crippen molar-refractivity contribution < 1.29 is 4.79 Å². The molecule has 0 saturated heterocycles. The minimum atomic E-state index is 0.331. The second-order valence-electron chi connectivity index (χ2n) is 4.68. The molecule has 0 aliphatic heterocycles. The number of aryl methyl sites for hydroxylation is 1. The van der Waals surface area contributed by atoms with Gasteiger partial charge in [-0.3, -0.25) is 4.79 Å².